The molecule has 0 aromatic heterocycles. The van der Waals surface area contributed by atoms with Gasteiger partial charge in [0.25, 0.3) is 0 Å². The van der Waals surface area contributed by atoms with Gasteiger partial charge in [-0.15, -0.1) is 0 Å². The van der Waals surface area contributed by atoms with Gasteiger partial charge in [-0.25, -0.2) is 4.39 Å². The lowest BCUT2D eigenvalue weighted by atomic mass is 9.61. The van der Waals surface area contributed by atoms with E-state index in [0.29, 0.717) is 18.8 Å². The molecule has 0 aliphatic heterocycles. The molecule has 0 aromatic carbocycles. The molecule has 0 heterocycles. The smallest absolute Gasteiger partial charge is 0.111 e. The summed E-state index contributed by atoms with van der Waals surface area (Å²) < 4.78 is 13.3. The quantitative estimate of drug-likeness (QED) is 0.644. The van der Waals surface area contributed by atoms with Crippen molar-refractivity contribution >= 4 is 0 Å². The average Bonchev–Trinajstić information content (AvgIpc) is 2.31. The van der Waals surface area contributed by atoms with Crippen molar-refractivity contribution < 1.29 is 4.39 Å². The molecule has 2 aliphatic carbocycles. The van der Waals surface area contributed by atoms with E-state index in [4.69, 9.17) is 5.73 Å². The van der Waals surface area contributed by atoms with Gasteiger partial charge in [-0.3, -0.25) is 0 Å². The first-order valence-corrected chi connectivity index (χ1v) is 5.00. The lowest BCUT2D eigenvalue weighted by Gasteiger charge is -2.51. The van der Waals surface area contributed by atoms with Crippen LogP contribution in [-0.4, -0.2) is 11.2 Å². The largest absolute Gasteiger partial charge is 0.325 e. The first-order chi connectivity index (χ1) is 5.52. The summed E-state index contributed by atoms with van der Waals surface area (Å²) in [5.41, 5.74) is 5.04. The predicted octanol–water partition coefficient (Wildman–Crippen LogP) is 2.40. The van der Waals surface area contributed by atoms with Gasteiger partial charge in [-0.2, -0.15) is 0 Å². The Morgan fingerprint density at radius 3 is 2.17 bits per heavy atom. The highest BCUT2D eigenvalue weighted by Gasteiger charge is 2.54. The number of rotatable bonds is 1. The Morgan fingerprint density at radius 1 is 1.25 bits per heavy atom. The van der Waals surface area contributed by atoms with E-state index < -0.39 is 5.67 Å². The van der Waals surface area contributed by atoms with E-state index in [9.17, 15) is 4.39 Å². The van der Waals surface area contributed by atoms with E-state index >= 15 is 0 Å². The van der Waals surface area contributed by atoms with Crippen molar-refractivity contribution in [2.75, 3.05) is 0 Å². The lowest BCUT2D eigenvalue weighted by molar-refractivity contribution is -0.0270. The average molecular weight is 171 g/mol. The predicted molar refractivity (Wildman–Crippen MR) is 47.6 cm³/mol. The van der Waals surface area contributed by atoms with Crippen LogP contribution in [0.4, 0.5) is 4.39 Å². The summed E-state index contributed by atoms with van der Waals surface area (Å²) in [5.74, 6) is 0.612. The molecular weight excluding hydrogens is 153 g/mol. The van der Waals surface area contributed by atoms with Crippen molar-refractivity contribution in [2.24, 2.45) is 11.7 Å². The number of hydrogen-bond acceptors (Lipinski definition) is 1. The first kappa shape index (κ1) is 8.49. The minimum atomic E-state index is -0.961. The van der Waals surface area contributed by atoms with Gasteiger partial charge in [0.15, 0.2) is 0 Å². The number of halogens is 1. The Balaban J connectivity index is 1.96. The molecule has 2 heteroatoms. The molecule has 0 atom stereocenters. The maximum absolute atomic E-state index is 13.3. The van der Waals surface area contributed by atoms with Crippen molar-refractivity contribution in [1.29, 1.82) is 0 Å². The van der Waals surface area contributed by atoms with Gasteiger partial charge in [0, 0.05) is 5.54 Å². The molecule has 2 fully saturated rings. The molecule has 2 rings (SSSR count). The van der Waals surface area contributed by atoms with Gasteiger partial charge >= 0.3 is 0 Å². The molecule has 1 nitrogen and oxygen atoms in total. The molecule has 0 spiro atoms. The normalized spacial score (nSPS) is 49.2. The van der Waals surface area contributed by atoms with Crippen LogP contribution in [0.25, 0.3) is 0 Å². The molecule has 12 heavy (non-hydrogen) atoms. The molecule has 0 radical (unpaired) electrons. The summed E-state index contributed by atoms with van der Waals surface area (Å²) in [4.78, 5) is 0. The zero-order valence-corrected chi connectivity index (χ0v) is 7.78. The lowest BCUT2D eigenvalue weighted by Crippen LogP contribution is -2.62. The molecule has 0 saturated heterocycles. The zero-order chi connectivity index (χ0) is 8.82. The fraction of sp³-hybridized carbons (Fsp3) is 1.00. The number of hydrogen-bond donors (Lipinski definition) is 1. The molecule has 0 unspecified atom stereocenters. The standard InChI is InChI=1S/C10H18FN/c1-9(11)6-10(12,7-9)8-4-2-3-5-8/h8H,2-7,12H2,1H3. The van der Waals surface area contributed by atoms with Crippen molar-refractivity contribution in [3.05, 3.63) is 0 Å². The summed E-state index contributed by atoms with van der Waals surface area (Å²) in [5, 5.41) is 0. The summed E-state index contributed by atoms with van der Waals surface area (Å²) in [6.45, 7) is 1.67. The Bertz CT molecular complexity index is 174. The van der Waals surface area contributed by atoms with Crippen LogP contribution in [0.5, 0.6) is 0 Å². The van der Waals surface area contributed by atoms with Crippen molar-refractivity contribution in [2.45, 2.75) is 56.7 Å². The van der Waals surface area contributed by atoms with Crippen LogP contribution in [-0.2, 0) is 0 Å². The monoisotopic (exact) mass is 171 g/mol. The van der Waals surface area contributed by atoms with E-state index in [-0.39, 0.29) is 5.54 Å². The highest BCUT2D eigenvalue weighted by Crippen LogP contribution is 2.50. The molecular formula is C10H18FN. The third-order valence-electron chi connectivity index (χ3n) is 3.56. The van der Waals surface area contributed by atoms with Crippen LogP contribution in [0.2, 0.25) is 0 Å². The van der Waals surface area contributed by atoms with Gasteiger partial charge in [0.05, 0.1) is 0 Å². The summed E-state index contributed by atoms with van der Waals surface area (Å²) in [6.07, 6.45) is 6.23. The molecule has 2 N–H and O–H groups in total. The van der Waals surface area contributed by atoms with Gasteiger partial charge in [0.1, 0.15) is 5.67 Å². The molecule has 70 valence electrons. The summed E-state index contributed by atoms with van der Waals surface area (Å²) in [6, 6.07) is 0. The van der Waals surface area contributed by atoms with Crippen LogP contribution in [0.15, 0.2) is 0 Å². The molecule has 0 bridgehead atoms. The SMILES string of the molecule is CC1(F)CC(N)(C2CCCC2)C1. The Morgan fingerprint density at radius 2 is 1.75 bits per heavy atom. The zero-order valence-electron chi connectivity index (χ0n) is 7.78. The second-order valence-corrected chi connectivity index (χ2v) is 4.98. The fourth-order valence-corrected chi connectivity index (χ4v) is 3.11. The Hall–Kier alpha value is -0.110. The van der Waals surface area contributed by atoms with E-state index in [1.165, 1.54) is 25.7 Å². The van der Waals surface area contributed by atoms with Crippen LogP contribution in [0.1, 0.15) is 45.4 Å². The molecule has 2 saturated carbocycles. The molecule has 2 aliphatic rings. The van der Waals surface area contributed by atoms with E-state index in [2.05, 4.69) is 0 Å². The number of nitrogens with two attached hydrogens (primary N) is 1. The first-order valence-electron chi connectivity index (χ1n) is 5.00. The van der Waals surface area contributed by atoms with Gasteiger partial charge in [-0.1, -0.05) is 12.8 Å². The Kier molecular flexibility index (Phi) is 1.73. The van der Waals surface area contributed by atoms with Crippen LogP contribution < -0.4 is 5.73 Å². The third-order valence-corrected chi connectivity index (χ3v) is 3.56. The van der Waals surface area contributed by atoms with E-state index in [1.807, 2.05) is 0 Å². The van der Waals surface area contributed by atoms with Gasteiger partial charge in [0.2, 0.25) is 0 Å². The van der Waals surface area contributed by atoms with Crippen molar-refractivity contribution in [3.63, 3.8) is 0 Å². The topological polar surface area (TPSA) is 26.0 Å². The molecule has 0 amide bonds. The second kappa shape index (κ2) is 2.44. The minimum absolute atomic E-state index is 0.139. The van der Waals surface area contributed by atoms with Crippen LogP contribution >= 0.6 is 0 Å². The number of alkyl halides is 1. The van der Waals surface area contributed by atoms with Crippen LogP contribution in [0.3, 0.4) is 0 Å². The third kappa shape index (κ3) is 1.26. The van der Waals surface area contributed by atoms with Gasteiger partial charge < -0.3 is 5.73 Å². The molecule has 0 aromatic rings. The maximum Gasteiger partial charge on any atom is 0.111 e. The highest BCUT2D eigenvalue weighted by atomic mass is 19.1. The fourth-order valence-electron chi connectivity index (χ4n) is 3.11. The summed E-state index contributed by atoms with van der Waals surface area (Å²) >= 11 is 0. The minimum Gasteiger partial charge on any atom is -0.325 e. The highest BCUT2D eigenvalue weighted by molar-refractivity contribution is 5.10. The van der Waals surface area contributed by atoms with Crippen LogP contribution in [0, 0.1) is 5.92 Å². The maximum atomic E-state index is 13.3. The van der Waals surface area contributed by atoms with E-state index in [1.54, 1.807) is 6.92 Å². The van der Waals surface area contributed by atoms with Gasteiger partial charge in [-0.05, 0) is 38.5 Å². The summed E-state index contributed by atoms with van der Waals surface area (Å²) in [7, 11) is 0. The second-order valence-electron chi connectivity index (χ2n) is 4.98. The Labute approximate surface area is 73.5 Å². The van der Waals surface area contributed by atoms with E-state index in [0.717, 1.165) is 0 Å². The van der Waals surface area contributed by atoms with Crippen molar-refractivity contribution in [3.8, 4) is 0 Å². The van der Waals surface area contributed by atoms with Crippen molar-refractivity contribution in [1.82, 2.24) is 0 Å².